The SMILES string of the molecule is CC(C)CN(Cc1nc2ccccc2n1Cc1ccccc1CN1CCCCC1)C(=O)c1sc2ccccc2c1Cl. The Labute approximate surface area is 251 Å². The number of carbonyl (C=O) groups is 1. The molecule has 0 N–H and O–H groups in total. The summed E-state index contributed by atoms with van der Waals surface area (Å²) in [7, 11) is 0. The fourth-order valence-electron chi connectivity index (χ4n) is 5.94. The van der Waals surface area contributed by atoms with Crippen LogP contribution < -0.4 is 0 Å². The number of hydrogen-bond donors (Lipinski definition) is 0. The normalized spacial score (nSPS) is 14.3. The van der Waals surface area contributed by atoms with Crippen molar-refractivity contribution in [2.24, 2.45) is 5.92 Å². The van der Waals surface area contributed by atoms with Gasteiger partial charge in [0.25, 0.3) is 5.91 Å². The van der Waals surface area contributed by atoms with Crippen LogP contribution in [0.15, 0.2) is 72.8 Å². The molecule has 41 heavy (non-hydrogen) atoms. The van der Waals surface area contributed by atoms with Gasteiger partial charge >= 0.3 is 0 Å². The van der Waals surface area contributed by atoms with Crippen LogP contribution >= 0.6 is 22.9 Å². The van der Waals surface area contributed by atoms with E-state index in [1.165, 1.54) is 54.8 Å². The molecule has 1 aliphatic rings. The number of nitrogens with zero attached hydrogens (tertiary/aromatic N) is 4. The second-order valence-electron chi connectivity index (χ2n) is 11.5. The number of rotatable bonds is 9. The van der Waals surface area contributed by atoms with Crippen LogP contribution in [0.2, 0.25) is 5.02 Å². The third kappa shape index (κ3) is 6.06. The number of piperidine rings is 1. The lowest BCUT2D eigenvalue weighted by molar-refractivity contribution is 0.0721. The molecule has 5 nitrogen and oxygen atoms in total. The number of para-hydroxylation sites is 2. The second-order valence-corrected chi connectivity index (χ2v) is 13.0. The highest BCUT2D eigenvalue weighted by molar-refractivity contribution is 7.21. The van der Waals surface area contributed by atoms with Crippen molar-refractivity contribution in [2.45, 2.75) is 52.7 Å². The maximum atomic E-state index is 14.0. The lowest BCUT2D eigenvalue weighted by atomic mass is 10.0. The number of aromatic nitrogens is 2. The van der Waals surface area contributed by atoms with Crippen LogP contribution in [0.1, 0.15) is 59.7 Å². The van der Waals surface area contributed by atoms with E-state index < -0.39 is 0 Å². The minimum atomic E-state index is -0.0333. The van der Waals surface area contributed by atoms with E-state index in [0.717, 1.165) is 33.5 Å². The Balaban J connectivity index is 1.35. The maximum absolute atomic E-state index is 14.0. The molecule has 1 saturated heterocycles. The average molecular weight is 585 g/mol. The first-order valence-electron chi connectivity index (χ1n) is 14.7. The molecule has 2 aromatic heterocycles. The topological polar surface area (TPSA) is 41.4 Å². The van der Waals surface area contributed by atoms with Gasteiger partial charge in [0, 0.05) is 29.7 Å². The first-order valence-corrected chi connectivity index (χ1v) is 15.9. The van der Waals surface area contributed by atoms with Crippen molar-refractivity contribution in [1.29, 1.82) is 0 Å². The highest BCUT2D eigenvalue weighted by Crippen LogP contribution is 2.36. The molecule has 0 radical (unpaired) electrons. The van der Waals surface area contributed by atoms with Crippen LogP contribution in [0.4, 0.5) is 0 Å². The summed E-state index contributed by atoms with van der Waals surface area (Å²) in [5.74, 6) is 1.16. The van der Waals surface area contributed by atoms with Crippen molar-refractivity contribution in [1.82, 2.24) is 19.4 Å². The van der Waals surface area contributed by atoms with Gasteiger partial charge in [-0.1, -0.05) is 86.5 Å². The highest BCUT2D eigenvalue weighted by Gasteiger charge is 2.26. The number of benzene rings is 3. The summed E-state index contributed by atoms with van der Waals surface area (Å²) < 4.78 is 3.33. The first-order chi connectivity index (χ1) is 20.0. The summed E-state index contributed by atoms with van der Waals surface area (Å²) in [5.41, 5.74) is 4.71. The number of amides is 1. The largest absolute Gasteiger partial charge is 0.330 e. The monoisotopic (exact) mass is 584 g/mol. The molecule has 1 fully saturated rings. The Morgan fingerprint density at radius 1 is 0.927 bits per heavy atom. The average Bonchev–Trinajstić information content (AvgIpc) is 3.50. The van der Waals surface area contributed by atoms with Crippen molar-refractivity contribution < 1.29 is 4.79 Å². The van der Waals surface area contributed by atoms with Crippen molar-refractivity contribution in [3.05, 3.63) is 99.6 Å². The number of fused-ring (bicyclic) bond motifs is 2. The Morgan fingerprint density at radius 2 is 1.61 bits per heavy atom. The Kier molecular flexibility index (Phi) is 8.42. The molecule has 5 aromatic rings. The lowest BCUT2D eigenvalue weighted by Crippen LogP contribution is -2.34. The molecule has 0 unspecified atom stereocenters. The molecule has 0 saturated carbocycles. The number of carbonyl (C=O) groups excluding carboxylic acids is 1. The number of halogens is 1. The van der Waals surface area contributed by atoms with Gasteiger partial charge in [-0.3, -0.25) is 9.69 Å². The van der Waals surface area contributed by atoms with Crippen molar-refractivity contribution in [2.75, 3.05) is 19.6 Å². The van der Waals surface area contributed by atoms with Crippen molar-refractivity contribution in [3.63, 3.8) is 0 Å². The van der Waals surface area contributed by atoms with E-state index in [1.54, 1.807) is 0 Å². The minimum Gasteiger partial charge on any atom is -0.330 e. The zero-order chi connectivity index (χ0) is 28.3. The third-order valence-electron chi connectivity index (χ3n) is 7.96. The molecular weight excluding hydrogens is 548 g/mol. The number of thiophene rings is 1. The van der Waals surface area contributed by atoms with Crippen LogP contribution in [0, 0.1) is 5.92 Å². The summed E-state index contributed by atoms with van der Waals surface area (Å²) in [4.78, 5) is 24.2. The minimum absolute atomic E-state index is 0.0333. The molecule has 6 rings (SSSR count). The van der Waals surface area contributed by atoms with E-state index in [9.17, 15) is 4.79 Å². The maximum Gasteiger partial charge on any atom is 0.265 e. The van der Waals surface area contributed by atoms with Crippen molar-refractivity contribution >= 4 is 50.0 Å². The molecule has 1 aliphatic heterocycles. The second kappa shape index (κ2) is 12.4. The smallest absolute Gasteiger partial charge is 0.265 e. The van der Waals surface area contributed by atoms with Gasteiger partial charge in [0.05, 0.1) is 22.6 Å². The van der Waals surface area contributed by atoms with Crippen LogP contribution in [0.25, 0.3) is 21.1 Å². The van der Waals surface area contributed by atoms with Crippen LogP contribution in [0.5, 0.6) is 0 Å². The molecule has 3 heterocycles. The van der Waals surface area contributed by atoms with Crippen LogP contribution in [0.3, 0.4) is 0 Å². The molecule has 7 heteroatoms. The fourth-order valence-corrected chi connectivity index (χ4v) is 7.42. The van der Waals surface area contributed by atoms with E-state index in [2.05, 4.69) is 65.8 Å². The zero-order valence-corrected chi connectivity index (χ0v) is 25.4. The standard InChI is InChI=1S/C34H37ClN4OS/c1-24(2)20-38(34(40)33-32(35)27-14-6-9-17-30(27)41-33)23-31-36-28-15-7-8-16-29(28)39(31)22-26-13-5-4-12-25(26)21-37-18-10-3-11-19-37/h4-9,12-17,24H,3,10-11,18-23H2,1-2H3. The van der Waals surface area contributed by atoms with Gasteiger partial charge in [-0.2, -0.15) is 0 Å². The molecular formula is C34H37ClN4OS. The van der Waals surface area contributed by atoms with Gasteiger partial charge in [0.2, 0.25) is 0 Å². The molecule has 1 amide bonds. The van der Waals surface area contributed by atoms with E-state index in [0.29, 0.717) is 35.5 Å². The molecule has 212 valence electrons. The third-order valence-corrected chi connectivity index (χ3v) is 9.62. The molecule has 0 bridgehead atoms. The van der Waals surface area contributed by atoms with Crippen molar-refractivity contribution in [3.8, 4) is 0 Å². The highest BCUT2D eigenvalue weighted by atomic mass is 35.5. The first kappa shape index (κ1) is 28.0. The summed E-state index contributed by atoms with van der Waals surface area (Å²) in [6.07, 6.45) is 3.89. The molecule has 0 atom stereocenters. The zero-order valence-electron chi connectivity index (χ0n) is 23.9. The Bertz CT molecular complexity index is 1670. The van der Waals surface area contributed by atoms with Gasteiger partial charge in [0.1, 0.15) is 10.7 Å². The van der Waals surface area contributed by atoms with Gasteiger partial charge in [-0.15, -0.1) is 11.3 Å². The Morgan fingerprint density at radius 3 is 2.37 bits per heavy atom. The van der Waals surface area contributed by atoms with Gasteiger partial charge in [-0.25, -0.2) is 4.98 Å². The summed E-state index contributed by atoms with van der Waals surface area (Å²) in [5, 5.41) is 1.48. The predicted octanol–water partition coefficient (Wildman–Crippen LogP) is 8.24. The van der Waals surface area contributed by atoms with E-state index in [4.69, 9.17) is 16.6 Å². The van der Waals surface area contributed by atoms with E-state index in [-0.39, 0.29) is 5.91 Å². The quantitative estimate of drug-likeness (QED) is 0.175. The van der Waals surface area contributed by atoms with Gasteiger partial charge < -0.3 is 9.47 Å². The number of likely N-dealkylation sites (tertiary alicyclic amines) is 1. The van der Waals surface area contributed by atoms with E-state index in [1.807, 2.05) is 35.2 Å². The summed E-state index contributed by atoms with van der Waals surface area (Å²) >= 11 is 8.25. The number of imidazole rings is 1. The predicted molar refractivity (Wildman–Crippen MR) is 171 cm³/mol. The van der Waals surface area contributed by atoms with E-state index >= 15 is 0 Å². The molecule has 3 aromatic carbocycles. The number of hydrogen-bond acceptors (Lipinski definition) is 4. The summed E-state index contributed by atoms with van der Waals surface area (Å²) in [6.45, 7) is 9.36. The molecule has 0 spiro atoms. The summed E-state index contributed by atoms with van der Waals surface area (Å²) in [6, 6.07) is 25.0. The fraction of sp³-hybridized carbons (Fsp3) is 0.353. The lowest BCUT2D eigenvalue weighted by Gasteiger charge is -2.27. The molecule has 0 aliphatic carbocycles. The van der Waals surface area contributed by atoms with Gasteiger partial charge in [0.15, 0.2) is 0 Å². The van der Waals surface area contributed by atoms with Gasteiger partial charge in [-0.05, 0) is 61.2 Å². The van der Waals surface area contributed by atoms with Crippen LogP contribution in [-0.2, 0) is 19.6 Å². The van der Waals surface area contributed by atoms with Crippen LogP contribution in [-0.4, -0.2) is 44.9 Å². The Hall–Kier alpha value is -3.19.